The lowest BCUT2D eigenvalue weighted by molar-refractivity contribution is -0.0740. The van der Waals surface area contributed by atoms with E-state index in [2.05, 4.69) is 18.2 Å². The molecule has 4 rings (SSSR count). The number of hydrogen-bond acceptors (Lipinski definition) is 5. The van der Waals surface area contributed by atoms with Crippen LogP contribution >= 0.6 is 0 Å². The SMILES string of the molecule is CCCc1cc(C(=O)N2CCC[C@@]3(C4=CCOCC4)COCC[C@H]23)no1. The Morgan fingerprint density at radius 3 is 3.12 bits per heavy atom. The van der Waals surface area contributed by atoms with Gasteiger partial charge in [0.05, 0.1) is 19.8 Å². The second-order valence-corrected chi connectivity index (χ2v) is 7.60. The van der Waals surface area contributed by atoms with E-state index in [0.717, 1.165) is 57.4 Å². The molecule has 3 aliphatic heterocycles. The van der Waals surface area contributed by atoms with Crippen molar-refractivity contribution in [1.29, 1.82) is 0 Å². The maximum atomic E-state index is 13.2. The average molecular weight is 360 g/mol. The molecule has 0 N–H and O–H groups in total. The van der Waals surface area contributed by atoms with Gasteiger partial charge in [0.25, 0.3) is 5.91 Å². The van der Waals surface area contributed by atoms with Crippen LogP contribution in [0.4, 0.5) is 0 Å². The standard InChI is InChI=1S/C20H28N2O4/c1-2-4-16-13-17(21-26-16)19(23)22-9-3-8-20(14-25-12-7-18(20)22)15-5-10-24-11-6-15/h5,13,18H,2-4,6-12,14H2,1H3/t18-,20-/m0/s1. The summed E-state index contributed by atoms with van der Waals surface area (Å²) in [6.07, 6.45) is 7.89. The molecule has 6 heteroatoms. The molecule has 0 aromatic carbocycles. The molecular formula is C20H28N2O4. The average Bonchev–Trinajstić information content (AvgIpc) is 3.16. The van der Waals surface area contributed by atoms with Crippen LogP contribution in [0.1, 0.15) is 55.3 Å². The number of amides is 1. The molecule has 2 atom stereocenters. The molecule has 2 fully saturated rings. The highest BCUT2D eigenvalue weighted by Crippen LogP contribution is 2.48. The zero-order valence-electron chi connectivity index (χ0n) is 15.5. The maximum Gasteiger partial charge on any atom is 0.276 e. The second kappa shape index (κ2) is 7.53. The quantitative estimate of drug-likeness (QED) is 0.773. The van der Waals surface area contributed by atoms with Crippen LogP contribution in [0.15, 0.2) is 22.2 Å². The molecule has 0 spiro atoms. The van der Waals surface area contributed by atoms with Crippen molar-refractivity contribution in [1.82, 2.24) is 10.1 Å². The number of nitrogens with zero attached hydrogens (tertiary/aromatic N) is 2. The maximum absolute atomic E-state index is 13.2. The number of fused-ring (bicyclic) bond motifs is 1. The number of aromatic nitrogens is 1. The first-order valence-corrected chi connectivity index (χ1v) is 9.86. The summed E-state index contributed by atoms with van der Waals surface area (Å²) in [4.78, 5) is 15.3. The zero-order valence-corrected chi connectivity index (χ0v) is 15.5. The van der Waals surface area contributed by atoms with E-state index in [1.165, 1.54) is 5.57 Å². The lowest BCUT2D eigenvalue weighted by Crippen LogP contribution is -2.59. The summed E-state index contributed by atoms with van der Waals surface area (Å²) >= 11 is 0. The number of carbonyl (C=O) groups excluding carboxylic acids is 1. The summed E-state index contributed by atoms with van der Waals surface area (Å²) in [5.74, 6) is 0.790. The number of ether oxygens (including phenoxy) is 2. The van der Waals surface area contributed by atoms with Crippen molar-refractivity contribution >= 4 is 5.91 Å². The Kier molecular flexibility index (Phi) is 5.14. The van der Waals surface area contributed by atoms with Crippen LogP contribution in [-0.4, -0.2) is 55.0 Å². The molecule has 1 amide bonds. The molecule has 4 heterocycles. The largest absolute Gasteiger partial charge is 0.380 e. The van der Waals surface area contributed by atoms with E-state index >= 15 is 0 Å². The molecule has 0 saturated carbocycles. The molecule has 1 aromatic heterocycles. The van der Waals surface area contributed by atoms with Crippen molar-refractivity contribution in [3.63, 3.8) is 0 Å². The number of hydrogen-bond donors (Lipinski definition) is 0. The molecular weight excluding hydrogens is 332 g/mol. The van der Waals surface area contributed by atoms with Crippen LogP contribution in [0.25, 0.3) is 0 Å². The first kappa shape index (κ1) is 17.7. The van der Waals surface area contributed by atoms with Gasteiger partial charge in [0.2, 0.25) is 0 Å². The van der Waals surface area contributed by atoms with Crippen molar-refractivity contribution in [2.24, 2.45) is 5.41 Å². The minimum atomic E-state index is -0.0636. The highest BCUT2D eigenvalue weighted by Gasteiger charge is 2.50. The monoisotopic (exact) mass is 360 g/mol. The van der Waals surface area contributed by atoms with E-state index in [1.807, 2.05) is 11.0 Å². The van der Waals surface area contributed by atoms with E-state index in [1.54, 1.807) is 0 Å². The van der Waals surface area contributed by atoms with Gasteiger partial charge >= 0.3 is 0 Å². The van der Waals surface area contributed by atoms with Crippen LogP contribution < -0.4 is 0 Å². The number of rotatable bonds is 4. The van der Waals surface area contributed by atoms with Crippen molar-refractivity contribution in [2.75, 3.05) is 33.0 Å². The van der Waals surface area contributed by atoms with Gasteiger partial charge in [0.15, 0.2) is 5.69 Å². The van der Waals surface area contributed by atoms with Gasteiger partial charge in [-0.2, -0.15) is 0 Å². The van der Waals surface area contributed by atoms with E-state index < -0.39 is 0 Å². The molecule has 3 aliphatic rings. The Balaban J connectivity index is 1.61. The van der Waals surface area contributed by atoms with Gasteiger partial charge < -0.3 is 18.9 Å². The number of carbonyl (C=O) groups is 1. The van der Waals surface area contributed by atoms with Crippen LogP contribution in [0.2, 0.25) is 0 Å². The predicted octanol–water partition coefficient (Wildman–Crippen LogP) is 2.99. The fourth-order valence-electron chi connectivity index (χ4n) is 4.85. The van der Waals surface area contributed by atoms with Crippen molar-refractivity contribution < 1.29 is 18.8 Å². The van der Waals surface area contributed by atoms with Crippen LogP contribution in [0.3, 0.4) is 0 Å². The van der Waals surface area contributed by atoms with Crippen LogP contribution in [-0.2, 0) is 15.9 Å². The molecule has 1 aromatic rings. The van der Waals surface area contributed by atoms with Crippen LogP contribution in [0, 0.1) is 5.41 Å². The van der Waals surface area contributed by atoms with Crippen molar-refractivity contribution in [3.8, 4) is 0 Å². The molecule has 2 saturated heterocycles. The molecule has 0 radical (unpaired) electrons. The molecule has 0 bridgehead atoms. The third-order valence-electron chi connectivity index (χ3n) is 6.07. The predicted molar refractivity (Wildman–Crippen MR) is 95.9 cm³/mol. The Labute approximate surface area is 154 Å². The van der Waals surface area contributed by atoms with E-state index in [4.69, 9.17) is 14.0 Å². The van der Waals surface area contributed by atoms with Crippen molar-refractivity contribution in [3.05, 3.63) is 29.2 Å². The Morgan fingerprint density at radius 2 is 2.31 bits per heavy atom. The van der Waals surface area contributed by atoms with Crippen molar-refractivity contribution in [2.45, 2.75) is 51.5 Å². The lowest BCUT2D eigenvalue weighted by atomic mass is 9.65. The Bertz CT molecular complexity index is 679. The van der Waals surface area contributed by atoms with E-state index in [-0.39, 0.29) is 17.4 Å². The summed E-state index contributed by atoms with van der Waals surface area (Å²) < 4.78 is 16.8. The fraction of sp³-hybridized carbons (Fsp3) is 0.700. The molecule has 26 heavy (non-hydrogen) atoms. The lowest BCUT2D eigenvalue weighted by Gasteiger charge is -2.53. The van der Waals surface area contributed by atoms with Gasteiger partial charge in [-0.1, -0.05) is 23.7 Å². The molecule has 142 valence electrons. The first-order valence-electron chi connectivity index (χ1n) is 9.86. The summed E-state index contributed by atoms with van der Waals surface area (Å²) in [5.41, 5.74) is 1.79. The third-order valence-corrected chi connectivity index (χ3v) is 6.07. The van der Waals surface area contributed by atoms with Crippen LogP contribution in [0.5, 0.6) is 0 Å². The van der Waals surface area contributed by atoms with Gasteiger partial charge in [0.1, 0.15) is 5.76 Å². The third kappa shape index (κ3) is 3.09. The number of aryl methyl sites for hydroxylation is 1. The first-order chi connectivity index (χ1) is 12.7. The minimum Gasteiger partial charge on any atom is -0.380 e. The highest BCUT2D eigenvalue weighted by atomic mass is 16.5. The van der Waals surface area contributed by atoms with Gasteiger partial charge in [-0.15, -0.1) is 0 Å². The molecule has 0 unspecified atom stereocenters. The van der Waals surface area contributed by atoms with Gasteiger partial charge in [-0.25, -0.2) is 0 Å². The summed E-state index contributed by atoms with van der Waals surface area (Å²) in [6, 6.07) is 1.99. The summed E-state index contributed by atoms with van der Waals surface area (Å²) in [7, 11) is 0. The topological polar surface area (TPSA) is 64.8 Å². The van der Waals surface area contributed by atoms with Gasteiger partial charge in [-0.05, 0) is 32.1 Å². The summed E-state index contributed by atoms with van der Waals surface area (Å²) in [6.45, 7) is 5.71. The molecule has 6 nitrogen and oxygen atoms in total. The highest BCUT2D eigenvalue weighted by molar-refractivity contribution is 5.92. The zero-order chi connectivity index (χ0) is 18.0. The Morgan fingerprint density at radius 1 is 1.38 bits per heavy atom. The fourth-order valence-corrected chi connectivity index (χ4v) is 4.85. The summed E-state index contributed by atoms with van der Waals surface area (Å²) in [5, 5.41) is 4.05. The molecule has 0 aliphatic carbocycles. The normalized spacial score (nSPS) is 29.2. The Hall–Kier alpha value is -1.66. The van der Waals surface area contributed by atoms with E-state index in [0.29, 0.717) is 25.5 Å². The number of likely N-dealkylation sites (tertiary alicyclic amines) is 1. The second-order valence-electron chi connectivity index (χ2n) is 7.60. The van der Waals surface area contributed by atoms with Gasteiger partial charge in [0, 0.05) is 37.1 Å². The minimum absolute atomic E-state index is 0.000243. The van der Waals surface area contributed by atoms with Gasteiger partial charge in [-0.3, -0.25) is 4.79 Å². The van der Waals surface area contributed by atoms with E-state index in [9.17, 15) is 4.79 Å². The number of piperidine rings is 1. The smallest absolute Gasteiger partial charge is 0.276 e.